The van der Waals surface area contributed by atoms with E-state index in [2.05, 4.69) is 9.88 Å². The van der Waals surface area contributed by atoms with Crippen molar-refractivity contribution >= 4 is 22.2 Å². The van der Waals surface area contributed by atoms with E-state index in [4.69, 9.17) is 4.74 Å². The minimum Gasteiger partial charge on any atom is -0.487 e. The van der Waals surface area contributed by atoms with Gasteiger partial charge in [0.25, 0.3) is 0 Å². The Hall–Kier alpha value is -3.04. The summed E-state index contributed by atoms with van der Waals surface area (Å²) >= 11 is 0. The maximum absolute atomic E-state index is 13.7. The van der Waals surface area contributed by atoms with E-state index in [0.29, 0.717) is 18.8 Å². The molecule has 0 aliphatic carbocycles. The van der Waals surface area contributed by atoms with Gasteiger partial charge in [0.2, 0.25) is 10.0 Å². The van der Waals surface area contributed by atoms with E-state index >= 15 is 0 Å². The van der Waals surface area contributed by atoms with Crippen LogP contribution >= 0.6 is 0 Å². The number of pyridine rings is 1. The first-order valence-electron chi connectivity index (χ1n) is 12.5. The lowest BCUT2D eigenvalue weighted by Gasteiger charge is -2.37. The Bertz CT molecular complexity index is 1300. The third kappa shape index (κ3) is 6.64. The topological polar surface area (TPSA) is 83.0 Å². The maximum Gasteiger partial charge on any atom is 0.247 e. The van der Waals surface area contributed by atoms with Gasteiger partial charge in [0.1, 0.15) is 16.7 Å². The Kier molecular flexibility index (Phi) is 8.76. The van der Waals surface area contributed by atoms with E-state index in [0.717, 1.165) is 16.7 Å². The molecular formula is C29H35N3O4S. The van der Waals surface area contributed by atoms with Gasteiger partial charge < -0.3 is 9.84 Å². The minimum atomic E-state index is -3.87. The van der Waals surface area contributed by atoms with Crippen molar-refractivity contribution in [2.75, 3.05) is 26.7 Å². The highest BCUT2D eigenvalue weighted by Crippen LogP contribution is 2.34. The molecule has 2 aromatic carbocycles. The van der Waals surface area contributed by atoms with Crippen LogP contribution in [0.25, 0.3) is 12.2 Å². The van der Waals surface area contributed by atoms with Gasteiger partial charge in [-0.3, -0.25) is 9.88 Å². The molecule has 0 bridgehead atoms. The van der Waals surface area contributed by atoms with Crippen LogP contribution < -0.4 is 4.74 Å². The Balaban J connectivity index is 1.68. The predicted octanol–water partition coefficient (Wildman–Crippen LogP) is 4.15. The van der Waals surface area contributed by atoms with E-state index < -0.39 is 16.1 Å². The molecule has 0 radical (unpaired) electrons. The van der Waals surface area contributed by atoms with Crippen molar-refractivity contribution in [2.24, 2.45) is 5.92 Å². The standard InChI is InChI=1S/C29H35N3O4S/c1-22-18-32(23(2)21-33)37(34,35)29-14-13-25(12-11-24-8-5-4-6-9-24)16-27(29)36-28(22)20-31(3)19-26-10-7-15-30-17-26/h4-17,22-23,28,33H,18-21H2,1-3H3/b12-11+/t22-,23-,28+/m1/s1. The summed E-state index contributed by atoms with van der Waals surface area (Å²) in [6.45, 7) is 5.02. The summed E-state index contributed by atoms with van der Waals surface area (Å²) in [6, 6.07) is 18.5. The summed E-state index contributed by atoms with van der Waals surface area (Å²) in [5.74, 6) is 0.216. The number of fused-ring (bicyclic) bond motifs is 1. The lowest BCUT2D eigenvalue weighted by atomic mass is 10.0. The fourth-order valence-electron chi connectivity index (χ4n) is 4.50. The fraction of sp³-hybridized carbons (Fsp3) is 0.345. The van der Waals surface area contributed by atoms with Crippen molar-refractivity contribution in [3.63, 3.8) is 0 Å². The van der Waals surface area contributed by atoms with Crippen LogP contribution in [0.2, 0.25) is 0 Å². The van der Waals surface area contributed by atoms with Crippen molar-refractivity contribution < 1.29 is 18.3 Å². The van der Waals surface area contributed by atoms with E-state index in [1.807, 2.05) is 74.8 Å². The third-order valence-electron chi connectivity index (χ3n) is 6.63. The normalized spacial score (nSPS) is 20.7. The molecule has 196 valence electrons. The molecule has 1 aliphatic rings. The average Bonchev–Trinajstić information content (AvgIpc) is 2.90. The number of hydrogen-bond acceptors (Lipinski definition) is 6. The zero-order valence-electron chi connectivity index (χ0n) is 21.6. The van der Waals surface area contributed by atoms with E-state index in [1.54, 1.807) is 31.3 Å². The van der Waals surface area contributed by atoms with Crippen LogP contribution in [-0.2, 0) is 16.6 Å². The second-order valence-corrected chi connectivity index (χ2v) is 11.6. The molecule has 4 rings (SSSR count). The van der Waals surface area contributed by atoms with Gasteiger partial charge in [-0.15, -0.1) is 0 Å². The highest BCUT2D eigenvalue weighted by molar-refractivity contribution is 7.89. The molecule has 0 spiro atoms. The largest absolute Gasteiger partial charge is 0.487 e. The molecule has 0 amide bonds. The number of likely N-dealkylation sites (N-methyl/N-ethyl adjacent to an activating group) is 1. The lowest BCUT2D eigenvalue weighted by Crippen LogP contribution is -2.49. The number of ether oxygens (including phenoxy) is 1. The van der Waals surface area contributed by atoms with Crippen molar-refractivity contribution in [3.8, 4) is 5.75 Å². The molecule has 7 nitrogen and oxygen atoms in total. The molecule has 2 heterocycles. The summed E-state index contributed by atoms with van der Waals surface area (Å²) in [5, 5.41) is 9.85. The SMILES string of the molecule is C[C@@H]1CN([C@H](C)CO)S(=O)(=O)c2ccc(/C=C/c3ccccc3)cc2O[C@H]1CN(C)Cc1cccnc1. The van der Waals surface area contributed by atoms with Crippen LogP contribution in [0.3, 0.4) is 0 Å². The first-order valence-corrected chi connectivity index (χ1v) is 14.0. The van der Waals surface area contributed by atoms with E-state index in [9.17, 15) is 13.5 Å². The Morgan fingerprint density at radius 1 is 1.14 bits per heavy atom. The van der Waals surface area contributed by atoms with Crippen molar-refractivity contribution in [1.82, 2.24) is 14.2 Å². The monoisotopic (exact) mass is 521 g/mol. The zero-order chi connectivity index (χ0) is 26.4. The fourth-order valence-corrected chi connectivity index (χ4v) is 6.32. The number of benzene rings is 2. The number of hydrogen-bond donors (Lipinski definition) is 1. The van der Waals surface area contributed by atoms with Gasteiger partial charge in [-0.25, -0.2) is 8.42 Å². The summed E-state index contributed by atoms with van der Waals surface area (Å²) in [7, 11) is -1.85. The lowest BCUT2D eigenvalue weighted by molar-refractivity contribution is 0.0733. The Labute approximate surface area is 220 Å². The molecule has 0 saturated carbocycles. The van der Waals surface area contributed by atoms with Crippen molar-refractivity contribution in [3.05, 3.63) is 89.7 Å². The first-order chi connectivity index (χ1) is 17.8. The summed E-state index contributed by atoms with van der Waals surface area (Å²) in [4.78, 5) is 6.48. The molecule has 0 unspecified atom stereocenters. The molecule has 37 heavy (non-hydrogen) atoms. The second kappa shape index (κ2) is 12.0. The van der Waals surface area contributed by atoms with Crippen molar-refractivity contribution in [2.45, 2.75) is 37.4 Å². The number of nitrogens with zero attached hydrogens (tertiary/aromatic N) is 3. The summed E-state index contributed by atoms with van der Waals surface area (Å²) in [5.41, 5.74) is 2.99. The number of aromatic nitrogens is 1. The molecule has 3 atom stereocenters. The predicted molar refractivity (Wildman–Crippen MR) is 146 cm³/mol. The molecule has 1 aromatic heterocycles. The molecule has 1 aliphatic heterocycles. The van der Waals surface area contributed by atoms with Gasteiger partial charge in [-0.2, -0.15) is 4.31 Å². The van der Waals surface area contributed by atoms with Crippen LogP contribution in [0.4, 0.5) is 0 Å². The van der Waals surface area contributed by atoms with Gasteiger partial charge in [0.05, 0.1) is 6.61 Å². The molecule has 0 saturated heterocycles. The van der Waals surface area contributed by atoms with Gasteiger partial charge >= 0.3 is 0 Å². The van der Waals surface area contributed by atoms with Crippen molar-refractivity contribution in [1.29, 1.82) is 0 Å². The second-order valence-electron chi connectivity index (χ2n) is 9.75. The third-order valence-corrected chi connectivity index (χ3v) is 8.65. The molecule has 8 heteroatoms. The maximum atomic E-state index is 13.7. The van der Waals surface area contributed by atoms with Crippen LogP contribution in [0.15, 0.2) is 78.0 Å². The number of rotatable bonds is 8. The molecule has 3 aromatic rings. The average molecular weight is 522 g/mol. The number of sulfonamides is 1. The molecule has 0 fully saturated rings. The van der Waals surface area contributed by atoms with Gasteiger partial charge in [0, 0.05) is 44.0 Å². The number of aliphatic hydroxyl groups is 1. The summed E-state index contributed by atoms with van der Waals surface area (Å²) in [6.07, 6.45) is 7.27. The Morgan fingerprint density at radius 3 is 2.59 bits per heavy atom. The summed E-state index contributed by atoms with van der Waals surface area (Å²) < 4.78 is 35.3. The Morgan fingerprint density at radius 2 is 1.89 bits per heavy atom. The first kappa shape index (κ1) is 27.0. The van der Waals surface area contributed by atoms with Gasteiger partial charge in [0.15, 0.2) is 0 Å². The van der Waals surface area contributed by atoms with E-state index in [-0.39, 0.29) is 30.1 Å². The highest BCUT2D eigenvalue weighted by Gasteiger charge is 2.38. The van der Waals surface area contributed by atoms with Crippen LogP contribution in [0.1, 0.15) is 30.5 Å². The molecule has 1 N–H and O–H groups in total. The van der Waals surface area contributed by atoms with Crippen LogP contribution in [0.5, 0.6) is 5.75 Å². The minimum absolute atomic E-state index is 0.114. The molecular weight excluding hydrogens is 486 g/mol. The van der Waals surface area contributed by atoms with Gasteiger partial charge in [-0.05, 0) is 48.9 Å². The van der Waals surface area contributed by atoms with Crippen LogP contribution in [0, 0.1) is 5.92 Å². The zero-order valence-corrected chi connectivity index (χ0v) is 22.4. The smallest absolute Gasteiger partial charge is 0.247 e. The highest BCUT2D eigenvalue weighted by atomic mass is 32.2. The quantitative estimate of drug-likeness (QED) is 0.449. The van der Waals surface area contributed by atoms with Crippen LogP contribution in [-0.4, -0.2) is 66.6 Å². The van der Waals surface area contributed by atoms with E-state index in [1.165, 1.54) is 4.31 Å². The number of aliphatic hydroxyl groups excluding tert-OH is 1. The van der Waals surface area contributed by atoms with Gasteiger partial charge in [-0.1, -0.05) is 61.5 Å².